The first-order chi connectivity index (χ1) is 11.0. The first-order valence-corrected chi connectivity index (χ1v) is 7.81. The minimum Gasteiger partial charge on any atom is -0.371 e. The summed E-state index contributed by atoms with van der Waals surface area (Å²) in [6.45, 7) is 2.70. The highest BCUT2D eigenvalue weighted by atomic mass is 16.5. The Balaban J connectivity index is 2.02. The third kappa shape index (κ3) is 2.76. The van der Waals surface area contributed by atoms with Crippen molar-refractivity contribution in [1.82, 2.24) is 9.55 Å². The molecule has 7 nitrogen and oxygen atoms in total. The van der Waals surface area contributed by atoms with Crippen molar-refractivity contribution in [3.05, 3.63) is 27.9 Å². The molecule has 0 spiro atoms. The van der Waals surface area contributed by atoms with Gasteiger partial charge in [0.05, 0.1) is 0 Å². The van der Waals surface area contributed by atoms with E-state index in [1.807, 2.05) is 0 Å². The van der Waals surface area contributed by atoms with Gasteiger partial charge in [0.15, 0.2) is 17.3 Å². The summed E-state index contributed by atoms with van der Waals surface area (Å²) in [5.41, 5.74) is -0.681. The molecule has 7 heteroatoms. The maximum Gasteiger partial charge on any atom is 0.264 e. The van der Waals surface area contributed by atoms with Crippen molar-refractivity contribution in [2.75, 3.05) is 6.61 Å². The smallest absolute Gasteiger partial charge is 0.264 e. The summed E-state index contributed by atoms with van der Waals surface area (Å²) < 4.78 is 6.94. The summed E-state index contributed by atoms with van der Waals surface area (Å²) in [5, 5.41) is 0. The number of Topliss-reactive ketones (excluding diaryl/α,β-unsaturated/α-hetero) is 3. The molecule has 1 atom stereocenters. The van der Waals surface area contributed by atoms with E-state index in [-0.39, 0.29) is 24.5 Å². The van der Waals surface area contributed by atoms with E-state index >= 15 is 0 Å². The molecule has 0 aromatic carbocycles. The van der Waals surface area contributed by atoms with E-state index in [1.165, 1.54) is 10.8 Å². The number of fused-ring (bicyclic) bond motifs is 1. The molecule has 1 unspecified atom stereocenters. The maximum absolute atomic E-state index is 12.6. The second kappa shape index (κ2) is 6.16. The summed E-state index contributed by atoms with van der Waals surface area (Å²) in [5.74, 6) is -2.39. The van der Waals surface area contributed by atoms with Crippen LogP contribution in [-0.2, 0) is 20.9 Å². The van der Waals surface area contributed by atoms with Crippen LogP contribution in [0.3, 0.4) is 0 Å². The number of carbonyl (C=O) groups is 3. The van der Waals surface area contributed by atoms with Crippen molar-refractivity contribution >= 4 is 17.3 Å². The molecule has 0 N–H and O–H groups in total. The minimum absolute atomic E-state index is 0.184. The highest BCUT2D eigenvalue weighted by Gasteiger charge is 2.38. The summed E-state index contributed by atoms with van der Waals surface area (Å²) in [7, 11) is 0. The number of ketones is 3. The molecule has 1 aliphatic heterocycles. The molecule has 0 amide bonds. The van der Waals surface area contributed by atoms with Crippen LogP contribution in [0.5, 0.6) is 0 Å². The average molecular weight is 318 g/mol. The van der Waals surface area contributed by atoms with Gasteiger partial charge in [-0.3, -0.25) is 23.7 Å². The lowest BCUT2D eigenvalue weighted by Crippen LogP contribution is -2.39. The van der Waals surface area contributed by atoms with Crippen LogP contribution in [0.15, 0.2) is 11.0 Å². The van der Waals surface area contributed by atoms with Crippen molar-refractivity contribution in [2.45, 2.75) is 45.3 Å². The molecule has 0 saturated heterocycles. The third-order valence-corrected chi connectivity index (χ3v) is 4.35. The van der Waals surface area contributed by atoms with Gasteiger partial charge >= 0.3 is 0 Å². The standard InChI is InChI=1S/C16H18N2O5/c1-9-15-17-8-10(16(22)18(15)6-3-7-23-9)14(21)13-11(19)4-2-5-12(13)20/h8-9,13H,2-7H2,1H3. The van der Waals surface area contributed by atoms with Gasteiger partial charge in [0.1, 0.15) is 23.4 Å². The number of hydrogen-bond donors (Lipinski definition) is 0. The molecule has 1 saturated carbocycles. The average Bonchev–Trinajstić information content (AvgIpc) is 2.70. The highest BCUT2D eigenvalue weighted by molar-refractivity contribution is 6.24. The monoisotopic (exact) mass is 318 g/mol. The van der Waals surface area contributed by atoms with Gasteiger partial charge in [0, 0.05) is 32.2 Å². The van der Waals surface area contributed by atoms with Gasteiger partial charge in [-0.25, -0.2) is 4.98 Å². The fourth-order valence-corrected chi connectivity index (χ4v) is 3.12. The predicted octanol–water partition coefficient (Wildman–Crippen LogP) is 0.846. The zero-order valence-electron chi connectivity index (χ0n) is 12.9. The van der Waals surface area contributed by atoms with Crippen molar-refractivity contribution in [3.63, 3.8) is 0 Å². The molecule has 1 aromatic rings. The van der Waals surface area contributed by atoms with E-state index in [0.717, 1.165) is 0 Å². The van der Waals surface area contributed by atoms with Crippen LogP contribution in [0.1, 0.15) is 54.9 Å². The number of hydrogen-bond acceptors (Lipinski definition) is 6. The molecular weight excluding hydrogens is 300 g/mol. The predicted molar refractivity (Wildman–Crippen MR) is 79.2 cm³/mol. The molecule has 23 heavy (non-hydrogen) atoms. The van der Waals surface area contributed by atoms with Crippen LogP contribution in [0.25, 0.3) is 0 Å². The van der Waals surface area contributed by atoms with E-state index < -0.39 is 28.8 Å². The molecule has 0 bridgehead atoms. The van der Waals surface area contributed by atoms with Crippen LogP contribution in [-0.4, -0.2) is 33.5 Å². The quantitative estimate of drug-likeness (QED) is 0.592. The summed E-state index contributed by atoms with van der Waals surface area (Å²) in [6, 6.07) is 0. The molecule has 2 aliphatic rings. The van der Waals surface area contributed by atoms with Crippen LogP contribution in [0.4, 0.5) is 0 Å². The maximum atomic E-state index is 12.6. The molecule has 2 heterocycles. The van der Waals surface area contributed by atoms with Gasteiger partial charge in [-0.2, -0.15) is 0 Å². The second-order valence-corrected chi connectivity index (χ2v) is 5.94. The lowest BCUT2D eigenvalue weighted by atomic mass is 9.82. The molecule has 1 aromatic heterocycles. The zero-order valence-corrected chi connectivity index (χ0v) is 12.9. The fourth-order valence-electron chi connectivity index (χ4n) is 3.12. The Labute approximate surface area is 132 Å². The first kappa shape index (κ1) is 15.7. The van der Waals surface area contributed by atoms with Gasteiger partial charge in [0.25, 0.3) is 5.56 Å². The zero-order chi connectivity index (χ0) is 16.6. The molecular formula is C16H18N2O5. The third-order valence-electron chi connectivity index (χ3n) is 4.35. The number of aromatic nitrogens is 2. The molecule has 3 rings (SSSR count). The van der Waals surface area contributed by atoms with E-state index in [9.17, 15) is 19.2 Å². The van der Waals surface area contributed by atoms with Crippen LogP contribution in [0.2, 0.25) is 0 Å². The Morgan fingerprint density at radius 3 is 2.61 bits per heavy atom. The summed E-state index contributed by atoms with van der Waals surface area (Å²) in [6.07, 6.45) is 2.35. The lowest BCUT2D eigenvalue weighted by molar-refractivity contribution is -0.133. The lowest BCUT2D eigenvalue weighted by Gasteiger charge is -2.19. The van der Waals surface area contributed by atoms with E-state index in [4.69, 9.17) is 4.74 Å². The van der Waals surface area contributed by atoms with Gasteiger partial charge in [-0.15, -0.1) is 0 Å². The second-order valence-electron chi connectivity index (χ2n) is 5.94. The normalized spacial score (nSPS) is 22.6. The summed E-state index contributed by atoms with van der Waals surface area (Å²) in [4.78, 5) is 53.3. The number of ether oxygens (including phenoxy) is 1. The Bertz CT molecular complexity index is 720. The largest absolute Gasteiger partial charge is 0.371 e. The van der Waals surface area contributed by atoms with Crippen molar-refractivity contribution in [1.29, 1.82) is 0 Å². The van der Waals surface area contributed by atoms with Crippen molar-refractivity contribution in [2.24, 2.45) is 5.92 Å². The number of rotatable bonds is 2. The number of nitrogens with zero attached hydrogens (tertiary/aromatic N) is 2. The molecule has 1 aliphatic carbocycles. The van der Waals surface area contributed by atoms with Gasteiger partial charge in [-0.1, -0.05) is 0 Å². The van der Waals surface area contributed by atoms with Crippen LogP contribution < -0.4 is 5.56 Å². The highest BCUT2D eigenvalue weighted by Crippen LogP contribution is 2.22. The van der Waals surface area contributed by atoms with E-state index in [2.05, 4.69) is 4.98 Å². The SMILES string of the molecule is CC1OCCCn2c1ncc(C(=O)C1C(=O)CCCC1=O)c2=O. The number of carbonyl (C=O) groups excluding carboxylic acids is 3. The Kier molecular flexibility index (Phi) is 4.21. The van der Waals surface area contributed by atoms with Crippen LogP contribution in [0, 0.1) is 5.92 Å². The van der Waals surface area contributed by atoms with Gasteiger partial charge < -0.3 is 4.74 Å². The van der Waals surface area contributed by atoms with Gasteiger partial charge in [-0.05, 0) is 19.8 Å². The van der Waals surface area contributed by atoms with Crippen LogP contribution >= 0.6 is 0 Å². The van der Waals surface area contributed by atoms with Gasteiger partial charge in [0.2, 0.25) is 0 Å². The Morgan fingerprint density at radius 1 is 1.22 bits per heavy atom. The summed E-state index contributed by atoms with van der Waals surface area (Å²) >= 11 is 0. The minimum atomic E-state index is -1.34. The topological polar surface area (TPSA) is 95.3 Å². The molecule has 1 fully saturated rings. The molecule has 0 radical (unpaired) electrons. The van der Waals surface area contributed by atoms with E-state index in [0.29, 0.717) is 31.8 Å². The van der Waals surface area contributed by atoms with Crippen molar-refractivity contribution < 1.29 is 19.1 Å². The Morgan fingerprint density at radius 2 is 1.91 bits per heavy atom. The Hall–Kier alpha value is -2.15. The molecule has 122 valence electrons. The van der Waals surface area contributed by atoms with E-state index in [1.54, 1.807) is 6.92 Å². The fraction of sp³-hybridized carbons (Fsp3) is 0.562. The first-order valence-electron chi connectivity index (χ1n) is 7.81. The van der Waals surface area contributed by atoms with Crippen molar-refractivity contribution in [3.8, 4) is 0 Å².